The molecular formula is C54H38N6. The molecule has 1 N–H and O–H groups in total. The lowest BCUT2D eigenvalue weighted by atomic mass is 9.88. The molecule has 10 rings (SSSR count). The van der Waals surface area contributed by atoms with Gasteiger partial charge in [-0.2, -0.15) is 0 Å². The maximum absolute atomic E-state index is 5.15. The second-order valence-electron chi connectivity index (χ2n) is 14.5. The van der Waals surface area contributed by atoms with Gasteiger partial charge in [0.25, 0.3) is 0 Å². The van der Waals surface area contributed by atoms with Crippen molar-refractivity contribution in [1.29, 1.82) is 0 Å². The minimum atomic E-state index is -0.336. The molecule has 7 aromatic carbocycles. The van der Waals surface area contributed by atoms with Gasteiger partial charge < -0.3 is 5.32 Å². The monoisotopic (exact) mass is 770 g/mol. The summed E-state index contributed by atoms with van der Waals surface area (Å²) in [5.74, 6) is 2.15. The van der Waals surface area contributed by atoms with Gasteiger partial charge in [-0.3, -0.25) is 4.98 Å². The van der Waals surface area contributed by atoms with E-state index in [1.165, 1.54) is 0 Å². The summed E-state index contributed by atoms with van der Waals surface area (Å²) in [5, 5.41) is 3.64. The molecule has 0 bridgehead atoms. The van der Waals surface area contributed by atoms with Crippen molar-refractivity contribution >= 4 is 11.7 Å². The Morgan fingerprint density at radius 1 is 0.367 bits per heavy atom. The molecule has 0 spiro atoms. The molecule has 0 amide bonds. The van der Waals surface area contributed by atoms with Gasteiger partial charge in [0.1, 0.15) is 12.0 Å². The van der Waals surface area contributed by atoms with Crippen molar-refractivity contribution in [3.63, 3.8) is 0 Å². The van der Waals surface area contributed by atoms with Crippen LogP contribution in [0.5, 0.6) is 0 Å². The SMILES string of the molecule is c1ccc(C2=NC(c3cccc(-c4ccccc4-c4ccccc4-c4cccc(-c5cc(-c6ccccn6)nc(-c6ccccc6)n5)c4)c3)NC(c3ccccc3)=N2)cc1. The van der Waals surface area contributed by atoms with Crippen LogP contribution in [0.2, 0.25) is 0 Å². The third-order valence-corrected chi connectivity index (χ3v) is 10.6. The second-order valence-corrected chi connectivity index (χ2v) is 14.5. The van der Waals surface area contributed by atoms with Gasteiger partial charge in [0.15, 0.2) is 11.7 Å². The van der Waals surface area contributed by atoms with Gasteiger partial charge in [0.05, 0.1) is 17.1 Å². The van der Waals surface area contributed by atoms with Crippen LogP contribution in [0.15, 0.2) is 229 Å². The largest absolute Gasteiger partial charge is 0.344 e. The highest BCUT2D eigenvalue weighted by atomic mass is 15.2. The summed E-state index contributed by atoms with van der Waals surface area (Å²) < 4.78 is 0. The molecular weight excluding hydrogens is 733 g/mol. The van der Waals surface area contributed by atoms with Crippen LogP contribution in [0.25, 0.3) is 67.4 Å². The third-order valence-electron chi connectivity index (χ3n) is 10.6. The van der Waals surface area contributed by atoms with E-state index in [2.05, 4.69) is 132 Å². The van der Waals surface area contributed by atoms with Gasteiger partial charge in [-0.05, 0) is 69.3 Å². The van der Waals surface area contributed by atoms with Gasteiger partial charge in [-0.25, -0.2) is 20.0 Å². The number of rotatable bonds is 9. The van der Waals surface area contributed by atoms with Crippen LogP contribution in [0, 0.1) is 0 Å². The standard InChI is InChI=1S/C54H38N6/c1-4-18-37(19-5-1)51-56-49(36-50(57-51)48-32-14-15-33-55-48)42-26-16-24-40(34-42)44-28-10-12-30-46(44)47-31-13-11-29-45(47)41-25-17-27-43(35-41)54-59-52(38-20-6-2-7-21-38)58-53(60-54)39-22-8-3-9-23-39/h1-36,54H,(H,58,59,60). The van der Waals surface area contributed by atoms with E-state index in [1.54, 1.807) is 6.20 Å². The van der Waals surface area contributed by atoms with E-state index in [4.69, 9.17) is 20.0 Å². The molecule has 9 aromatic rings. The van der Waals surface area contributed by atoms with Crippen LogP contribution < -0.4 is 5.32 Å². The van der Waals surface area contributed by atoms with Crippen molar-refractivity contribution in [2.24, 2.45) is 9.98 Å². The summed E-state index contributed by atoms with van der Waals surface area (Å²) in [6.45, 7) is 0. The molecule has 2 aromatic heterocycles. The lowest BCUT2D eigenvalue weighted by molar-refractivity contribution is 0.674. The maximum atomic E-state index is 5.15. The minimum absolute atomic E-state index is 0.336. The van der Waals surface area contributed by atoms with Gasteiger partial charge in [0, 0.05) is 28.5 Å². The van der Waals surface area contributed by atoms with E-state index in [9.17, 15) is 0 Å². The lowest BCUT2D eigenvalue weighted by Crippen LogP contribution is -2.33. The highest BCUT2D eigenvalue weighted by Crippen LogP contribution is 2.40. The second kappa shape index (κ2) is 16.4. The molecule has 0 aliphatic carbocycles. The van der Waals surface area contributed by atoms with Gasteiger partial charge in [-0.1, -0.05) is 182 Å². The Balaban J connectivity index is 1.03. The Hall–Kier alpha value is -8.09. The van der Waals surface area contributed by atoms with E-state index in [1.807, 2.05) is 91.0 Å². The highest BCUT2D eigenvalue weighted by Gasteiger charge is 2.22. The summed E-state index contributed by atoms with van der Waals surface area (Å²) >= 11 is 0. The van der Waals surface area contributed by atoms with E-state index in [0.29, 0.717) is 11.7 Å². The Morgan fingerprint density at radius 2 is 0.900 bits per heavy atom. The molecule has 3 heterocycles. The molecule has 284 valence electrons. The maximum Gasteiger partial charge on any atom is 0.160 e. The van der Waals surface area contributed by atoms with Crippen molar-refractivity contribution < 1.29 is 0 Å². The average Bonchev–Trinajstić information content (AvgIpc) is 3.35. The number of aliphatic imine (C=N–C) groups is 2. The fourth-order valence-corrected chi connectivity index (χ4v) is 7.70. The lowest BCUT2D eigenvalue weighted by Gasteiger charge is -2.24. The van der Waals surface area contributed by atoms with Crippen LogP contribution in [-0.2, 0) is 0 Å². The summed E-state index contributed by atoms with van der Waals surface area (Å²) in [6, 6.07) is 73.0. The zero-order valence-electron chi connectivity index (χ0n) is 32.6. The average molecular weight is 771 g/mol. The van der Waals surface area contributed by atoms with Crippen LogP contribution >= 0.6 is 0 Å². The van der Waals surface area contributed by atoms with Gasteiger partial charge in [-0.15, -0.1) is 0 Å². The van der Waals surface area contributed by atoms with Crippen LogP contribution in [0.1, 0.15) is 22.9 Å². The third kappa shape index (κ3) is 7.53. The summed E-state index contributed by atoms with van der Waals surface area (Å²) in [4.78, 5) is 24.8. The molecule has 1 unspecified atom stereocenters. The Morgan fingerprint density at radius 3 is 1.57 bits per heavy atom. The van der Waals surface area contributed by atoms with Crippen LogP contribution in [0.3, 0.4) is 0 Å². The number of hydrogen-bond acceptors (Lipinski definition) is 6. The quantitative estimate of drug-likeness (QED) is 0.159. The van der Waals surface area contributed by atoms with Crippen molar-refractivity contribution in [1.82, 2.24) is 20.3 Å². The molecule has 0 saturated heterocycles. The number of aromatic nitrogens is 3. The topological polar surface area (TPSA) is 75.4 Å². The molecule has 1 aliphatic heterocycles. The summed E-state index contributed by atoms with van der Waals surface area (Å²) in [6.07, 6.45) is 1.46. The molecule has 0 fully saturated rings. The molecule has 6 heteroatoms. The van der Waals surface area contributed by atoms with Gasteiger partial charge in [0.2, 0.25) is 0 Å². The number of amidine groups is 2. The Labute approximate surface area is 349 Å². The predicted molar refractivity (Wildman–Crippen MR) is 244 cm³/mol. The number of nitrogens with one attached hydrogen (secondary N) is 1. The number of hydrogen-bond donors (Lipinski definition) is 1. The molecule has 1 atom stereocenters. The first-order chi connectivity index (χ1) is 29.7. The molecule has 0 radical (unpaired) electrons. The first-order valence-corrected chi connectivity index (χ1v) is 20.0. The fourth-order valence-electron chi connectivity index (χ4n) is 7.70. The molecule has 6 nitrogen and oxygen atoms in total. The summed E-state index contributed by atoms with van der Waals surface area (Å²) in [5.41, 5.74) is 14.1. The fraction of sp³-hybridized carbons (Fsp3) is 0.0185. The summed E-state index contributed by atoms with van der Waals surface area (Å²) in [7, 11) is 0. The molecule has 0 saturated carbocycles. The van der Waals surface area contributed by atoms with Crippen molar-refractivity contribution in [2.75, 3.05) is 0 Å². The smallest absolute Gasteiger partial charge is 0.160 e. The van der Waals surface area contributed by atoms with E-state index in [-0.39, 0.29) is 6.17 Å². The van der Waals surface area contributed by atoms with E-state index in [0.717, 1.165) is 84.1 Å². The molecule has 1 aliphatic rings. The van der Waals surface area contributed by atoms with Gasteiger partial charge >= 0.3 is 0 Å². The van der Waals surface area contributed by atoms with Crippen LogP contribution in [0.4, 0.5) is 0 Å². The first-order valence-electron chi connectivity index (χ1n) is 20.0. The first kappa shape index (κ1) is 36.3. The van der Waals surface area contributed by atoms with Crippen molar-refractivity contribution in [3.8, 4) is 67.4 Å². The highest BCUT2D eigenvalue weighted by molar-refractivity contribution is 6.13. The normalized spacial score (nSPS) is 13.5. The zero-order valence-corrected chi connectivity index (χ0v) is 32.6. The Bertz CT molecular complexity index is 2940. The van der Waals surface area contributed by atoms with Crippen molar-refractivity contribution in [2.45, 2.75) is 6.17 Å². The van der Waals surface area contributed by atoms with E-state index >= 15 is 0 Å². The Kier molecular flexibility index (Phi) is 9.92. The van der Waals surface area contributed by atoms with Crippen molar-refractivity contribution in [3.05, 3.63) is 235 Å². The molecule has 60 heavy (non-hydrogen) atoms. The number of nitrogens with zero attached hydrogens (tertiary/aromatic N) is 5. The van der Waals surface area contributed by atoms with E-state index < -0.39 is 0 Å². The minimum Gasteiger partial charge on any atom is -0.344 e. The van der Waals surface area contributed by atoms with Crippen LogP contribution in [-0.4, -0.2) is 26.6 Å². The predicted octanol–water partition coefficient (Wildman–Crippen LogP) is 12.4. The number of benzene rings is 7. The zero-order chi connectivity index (χ0) is 40.1. The number of pyridine rings is 1.